The Bertz CT molecular complexity index is 329. The highest BCUT2D eigenvalue weighted by Crippen LogP contribution is 2.22. The Morgan fingerprint density at radius 2 is 2.00 bits per heavy atom. The van der Waals surface area contributed by atoms with Crippen molar-refractivity contribution >= 4 is 17.4 Å². The first-order valence-corrected chi connectivity index (χ1v) is 4.71. The molecule has 0 aliphatic rings. The molecule has 0 atom stereocenters. The van der Waals surface area contributed by atoms with Crippen molar-refractivity contribution in [3.63, 3.8) is 0 Å². The fraction of sp³-hybridized carbons (Fsp3) is 0.364. The number of halogens is 1. The molecule has 0 heterocycles. The van der Waals surface area contributed by atoms with Crippen LogP contribution in [0.5, 0.6) is 0 Å². The average molecular weight is 197 g/mol. The van der Waals surface area contributed by atoms with Gasteiger partial charge in [-0.2, -0.15) is 0 Å². The van der Waals surface area contributed by atoms with Gasteiger partial charge in [-0.15, -0.1) is 0 Å². The highest BCUT2D eigenvalue weighted by molar-refractivity contribution is 6.34. The molecule has 0 unspecified atom stereocenters. The van der Waals surface area contributed by atoms with E-state index >= 15 is 0 Å². The van der Waals surface area contributed by atoms with Gasteiger partial charge in [0.25, 0.3) is 0 Å². The summed E-state index contributed by atoms with van der Waals surface area (Å²) in [5.41, 5.74) is 1.59. The van der Waals surface area contributed by atoms with Gasteiger partial charge in [-0.25, -0.2) is 0 Å². The van der Waals surface area contributed by atoms with Gasteiger partial charge < -0.3 is 0 Å². The van der Waals surface area contributed by atoms with Crippen LogP contribution >= 0.6 is 11.6 Å². The Kier molecular flexibility index (Phi) is 3.10. The minimum Gasteiger partial charge on any atom is -0.294 e. The van der Waals surface area contributed by atoms with E-state index in [1.807, 2.05) is 32.9 Å². The number of hydrogen-bond acceptors (Lipinski definition) is 1. The summed E-state index contributed by atoms with van der Waals surface area (Å²) in [5.74, 6) is 0.105. The minimum atomic E-state index is -0.000648. The van der Waals surface area contributed by atoms with Crippen molar-refractivity contribution in [3.05, 3.63) is 34.3 Å². The monoisotopic (exact) mass is 196 g/mol. The van der Waals surface area contributed by atoms with Crippen LogP contribution in [0.4, 0.5) is 0 Å². The number of aryl methyl sites for hydroxylation is 1. The highest BCUT2D eigenvalue weighted by Gasteiger charge is 2.14. The van der Waals surface area contributed by atoms with E-state index in [1.165, 1.54) is 0 Å². The van der Waals surface area contributed by atoms with Crippen molar-refractivity contribution in [2.45, 2.75) is 20.8 Å². The molecule has 0 saturated carbocycles. The third kappa shape index (κ3) is 2.10. The first kappa shape index (κ1) is 10.3. The molecule has 0 aliphatic heterocycles. The van der Waals surface area contributed by atoms with Crippen LogP contribution in [0.25, 0.3) is 0 Å². The summed E-state index contributed by atoms with van der Waals surface area (Å²) in [4.78, 5) is 11.6. The fourth-order valence-corrected chi connectivity index (χ4v) is 1.37. The van der Waals surface area contributed by atoms with E-state index in [9.17, 15) is 4.79 Å². The number of benzene rings is 1. The molecule has 0 spiro atoms. The van der Waals surface area contributed by atoms with Crippen LogP contribution in [0.3, 0.4) is 0 Å². The largest absolute Gasteiger partial charge is 0.294 e. The zero-order valence-electron chi connectivity index (χ0n) is 8.10. The smallest absolute Gasteiger partial charge is 0.166 e. The average Bonchev–Trinajstić information content (AvgIpc) is 2.08. The van der Waals surface area contributed by atoms with Crippen LogP contribution in [0.15, 0.2) is 18.2 Å². The molecule has 1 nitrogen and oxygen atoms in total. The van der Waals surface area contributed by atoms with Crippen LogP contribution in [0.1, 0.15) is 29.8 Å². The molecule has 0 amide bonds. The third-order valence-corrected chi connectivity index (χ3v) is 2.48. The number of rotatable bonds is 2. The van der Waals surface area contributed by atoms with Crippen molar-refractivity contribution in [1.82, 2.24) is 0 Å². The van der Waals surface area contributed by atoms with E-state index in [1.54, 1.807) is 6.07 Å². The second kappa shape index (κ2) is 3.93. The van der Waals surface area contributed by atoms with Crippen molar-refractivity contribution in [1.29, 1.82) is 0 Å². The summed E-state index contributed by atoms with van der Waals surface area (Å²) in [6.45, 7) is 5.65. The van der Waals surface area contributed by atoms with E-state index in [2.05, 4.69) is 0 Å². The van der Waals surface area contributed by atoms with E-state index < -0.39 is 0 Å². The SMILES string of the molecule is Cc1cccc(C(=O)C(C)C)c1Cl. The second-order valence-corrected chi connectivity index (χ2v) is 3.83. The van der Waals surface area contributed by atoms with E-state index in [4.69, 9.17) is 11.6 Å². The second-order valence-electron chi connectivity index (χ2n) is 3.46. The summed E-state index contributed by atoms with van der Waals surface area (Å²) >= 11 is 6.01. The summed E-state index contributed by atoms with van der Waals surface area (Å²) in [6.07, 6.45) is 0. The Morgan fingerprint density at radius 1 is 1.38 bits per heavy atom. The van der Waals surface area contributed by atoms with Gasteiger partial charge >= 0.3 is 0 Å². The molecular weight excluding hydrogens is 184 g/mol. The van der Waals surface area contributed by atoms with Gasteiger partial charge in [0.2, 0.25) is 0 Å². The van der Waals surface area contributed by atoms with Crippen LogP contribution < -0.4 is 0 Å². The zero-order chi connectivity index (χ0) is 10.0. The maximum atomic E-state index is 11.6. The van der Waals surface area contributed by atoms with E-state index in [-0.39, 0.29) is 11.7 Å². The standard InChI is InChI=1S/C11H13ClO/c1-7(2)11(13)9-6-4-5-8(3)10(9)12/h4-7H,1-3H3. The Morgan fingerprint density at radius 3 is 2.54 bits per heavy atom. The van der Waals surface area contributed by atoms with Gasteiger partial charge in [0, 0.05) is 11.5 Å². The summed E-state index contributed by atoms with van der Waals surface area (Å²) in [5, 5.41) is 0.584. The first-order chi connectivity index (χ1) is 6.04. The lowest BCUT2D eigenvalue weighted by Crippen LogP contribution is -2.08. The van der Waals surface area contributed by atoms with Crippen LogP contribution in [-0.2, 0) is 0 Å². The maximum Gasteiger partial charge on any atom is 0.166 e. The topological polar surface area (TPSA) is 17.1 Å². The number of hydrogen-bond donors (Lipinski definition) is 0. The molecular formula is C11H13ClO. The van der Waals surface area contributed by atoms with Gasteiger partial charge in [0.05, 0.1) is 5.02 Å². The van der Waals surface area contributed by atoms with E-state index in [0.29, 0.717) is 10.6 Å². The molecule has 0 N–H and O–H groups in total. The zero-order valence-corrected chi connectivity index (χ0v) is 8.85. The molecule has 0 aromatic heterocycles. The maximum absolute atomic E-state index is 11.6. The van der Waals surface area contributed by atoms with Gasteiger partial charge in [-0.3, -0.25) is 4.79 Å². The van der Waals surface area contributed by atoms with Gasteiger partial charge in [0.1, 0.15) is 0 Å². The molecule has 1 aromatic carbocycles. The number of ketones is 1. The summed E-state index contributed by atoms with van der Waals surface area (Å²) in [6, 6.07) is 5.54. The van der Waals surface area contributed by atoms with Gasteiger partial charge in [-0.1, -0.05) is 37.6 Å². The minimum absolute atomic E-state index is 0.000648. The number of Topliss-reactive ketones (excluding diaryl/α,β-unsaturated/α-hetero) is 1. The molecule has 1 aromatic rings. The lowest BCUT2D eigenvalue weighted by Gasteiger charge is -2.07. The van der Waals surface area contributed by atoms with Gasteiger partial charge in [0.15, 0.2) is 5.78 Å². The van der Waals surface area contributed by atoms with Crippen molar-refractivity contribution < 1.29 is 4.79 Å². The fourth-order valence-electron chi connectivity index (χ4n) is 1.15. The molecule has 70 valence electrons. The quantitative estimate of drug-likeness (QED) is 0.662. The normalized spacial score (nSPS) is 10.5. The highest BCUT2D eigenvalue weighted by atomic mass is 35.5. The van der Waals surface area contributed by atoms with E-state index in [0.717, 1.165) is 5.56 Å². The predicted octanol–water partition coefficient (Wildman–Crippen LogP) is 3.49. The molecule has 0 radical (unpaired) electrons. The molecule has 2 heteroatoms. The number of carbonyl (C=O) groups is 1. The Hall–Kier alpha value is -0.820. The number of carbonyl (C=O) groups excluding carboxylic acids is 1. The van der Waals surface area contributed by atoms with Crippen LogP contribution in [0, 0.1) is 12.8 Å². The van der Waals surface area contributed by atoms with Crippen molar-refractivity contribution in [2.75, 3.05) is 0 Å². The van der Waals surface area contributed by atoms with Gasteiger partial charge in [-0.05, 0) is 18.6 Å². The molecule has 0 saturated heterocycles. The Labute approximate surface area is 83.7 Å². The molecule has 0 aliphatic carbocycles. The van der Waals surface area contributed by atoms with Crippen LogP contribution in [-0.4, -0.2) is 5.78 Å². The van der Waals surface area contributed by atoms with Crippen molar-refractivity contribution in [3.8, 4) is 0 Å². The Balaban J connectivity index is 3.15. The van der Waals surface area contributed by atoms with Crippen LogP contribution in [0.2, 0.25) is 5.02 Å². The predicted molar refractivity (Wildman–Crippen MR) is 55.4 cm³/mol. The first-order valence-electron chi connectivity index (χ1n) is 4.33. The van der Waals surface area contributed by atoms with Crippen molar-refractivity contribution in [2.24, 2.45) is 5.92 Å². The molecule has 1 rings (SSSR count). The lowest BCUT2D eigenvalue weighted by molar-refractivity contribution is 0.0939. The molecule has 0 fully saturated rings. The lowest BCUT2D eigenvalue weighted by atomic mass is 10.00. The molecule has 0 bridgehead atoms. The molecule has 13 heavy (non-hydrogen) atoms. The summed E-state index contributed by atoms with van der Waals surface area (Å²) in [7, 11) is 0. The summed E-state index contributed by atoms with van der Waals surface area (Å²) < 4.78 is 0. The third-order valence-electron chi connectivity index (χ3n) is 1.98.